The van der Waals surface area contributed by atoms with Crippen LogP contribution in [0, 0.1) is 0 Å². The zero-order valence-electron chi connectivity index (χ0n) is 19.3. The van der Waals surface area contributed by atoms with Crippen molar-refractivity contribution in [3.63, 3.8) is 0 Å². The minimum Gasteiger partial charge on any atom is -0.466 e. The second-order valence-corrected chi connectivity index (χ2v) is 8.59. The number of alkyl carbamates (subject to hydrolysis) is 1. The monoisotopic (exact) mass is 431 g/mol. The third-order valence-electron chi connectivity index (χ3n) is 3.22. The minimum absolute atomic E-state index is 0.0599. The van der Waals surface area contributed by atoms with Crippen molar-refractivity contribution in [3.05, 3.63) is 0 Å². The Balaban J connectivity index is 4.62. The van der Waals surface area contributed by atoms with E-state index < -0.39 is 29.3 Å². The molecule has 10 nitrogen and oxygen atoms in total. The molecule has 30 heavy (non-hydrogen) atoms. The Morgan fingerprint density at radius 3 is 2.00 bits per heavy atom. The van der Waals surface area contributed by atoms with Crippen molar-refractivity contribution in [2.75, 3.05) is 32.8 Å². The summed E-state index contributed by atoms with van der Waals surface area (Å²) in [6.45, 7) is 12.6. The number of carbonyl (C=O) groups excluding carboxylic acids is 4. The number of hydrogen-bond donors (Lipinski definition) is 2. The molecule has 3 amide bonds. The number of nitrogens with zero attached hydrogens (tertiary/aromatic N) is 1. The van der Waals surface area contributed by atoms with E-state index >= 15 is 0 Å². The van der Waals surface area contributed by atoms with Gasteiger partial charge in [-0.15, -0.1) is 0 Å². The predicted octanol–water partition coefficient (Wildman–Crippen LogP) is 2.21. The van der Waals surface area contributed by atoms with E-state index in [9.17, 15) is 19.2 Å². The van der Waals surface area contributed by atoms with Gasteiger partial charge in [0.25, 0.3) is 0 Å². The predicted molar refractivity (Wildman–Crippen MR) is 111 cm³/mol. The van der Waals surface area contributed by atoms with E-state index in [1.807, 2.05) is 0 Å². The highest BCUT2D eigenvalue weighted by Crippen LogP contribution is 2.10. The molecule has 0 radical (unpaired) electrons. The summed E-state index contributed by atoms with van der Waals surface area (Å²) in [5.74, 6) is -0.725. The summed E-state index contributed by atoms with van der Waals surface area (Å²) in [5.41, 5.74) is -1.37. The highest BCUT2D eigenvalue weighted by Gasteiger charge is 2.24. The van der Waals surface area contributed by atoms with Crippen LogP contribution in [0.5, 0.6) is 0 Å². The summed E-state index contributed by atoms with van der Waals surface area (Å²) in [4.78, 5) is 48.8. The lowest BCUT2D eigenvalue weighted by atomic mass is 10.2. The molecule has 0 rings (SSSR count). The van der Waals surface area contributed by atoms with Gasteiger partial charge in [0.1, 0.15) is 17.7 Å². The van der Waals surface area contributed by atoms with Crippen molar-refractivity contribution in [2.24, 2.45) is 0 Å². The lowest BCUT2D eigenvalue weighted by Crippen LogP contribution is -2.46. The summed E-state index contributed by atoms with van der Waals surface area (Å²) in [5, 5.41) is 5.19. The molecule has 0 saturated heterocycles. The minimum atomic E-state index is -0.732. The zero-order chi connectivity index (χ0) is 23.4. The maximum absolute atomic E-state index is 12.4. The van der Waals surface area contributed by atoms with Gasteiger partial charge in [0.05, 0.1) is 6.61 Å². The van der Waals surface area contributed by atoms with Crippen LogP contribution in [0.1, 0.15) is 61.3 Å². The molecule has 0 aromatic heterocycles. The fourth-order valence-corrected chi connectivity index (χ4v) is 2.09. The number of carbonyl (C=O) groups is 4. The molecule has 2 N–H and O–H groups in total. The number of ether oxygens (including phenoxy) is 3. The Bertz CT molecular complexity index is 580. The van der Waals surface area contributed by atoms with E-state index in [0.29, 0.717) is 13.0 Å². The van der Waals surface area contributed by atoms with Crippen LogP contribution in [-0.4, -0.2) is 73.0 Å². The van der Waals surface area contributed by atoms with Crippen LogP contribution < -0.4 is 10.6 Å². The zero-order valence-corrected chi connectivity index (χ0v) is 19.3. The number of rotatable bonds is 10. The summed E-state index contributed by atoms with van der Waals surface area (Å²) in [6, 6.07) is 0. The third-order valence-corrected chi connectivity index (χ3v) is 3.22. The number of nitrogens with one attached hydrogen (secondary N) is 2. The fraction of sp³-hybridized carbons (Fsp3) is 0.800. The molecule has 0 atom stereocenters. The van der Waals surface area contributed by atoms with E-state index in [2.05, 4.69) is 10.6 Å². The molecule has 0 fully saturated rings. The first-order chi connectivity index (χ1) is 13.7. The average Bonchev–Trinajstić information content (AvgIpc) is 2.55. The van der Waals surface area contributed by atoms with E-state index in [4.69, 9.17) is 14.2 Å². The molecule has 10 heteroatoms. The van der Waals surface area contributed by atoms with E-state index in [-0.39, 0.29) is 38.6 Å². The Labute approximate surface area is 179 Å². The second-order valence-electron chi connectivity index (χ2n) is 8.59. The van der Waals surface area contributed by atoms with Crippen LogP contribution in [0.2, 0.25) is 0 Å². The van der Waals surface area contributed by atoms with Gasteiger partial charge >= 0.3 is 18.2 Å². The molecule has 174 valence electrons. The summed E-state index contributed by atoms with van der Waals surface area (Å²) >= 11 is 0. The average molecular weight is 432 g/mol. The molecule has 0 heterocycles. The van der Waals surface area contributed by atoms with Crippen molar-refractivity contribution in [2.45, 2.75) is 72.5 Å². The lowest BCUT2D eigenvalue weighted by Gasteiger charge is -2.27. The quantitative estimate of drug-likeness (QED) is 0.309. The van der Waals surface area contributed by atoms with E-state index in [1.165, 1.54) is 4.90 Å². The molecule has 0 spiro atoms. The van der Waals surface area contributed by atoms with Gasteiger partial charge in [-0.2, -0.15) is 0 Å². The molecule has 0 aliphatic heterocycles. The van der Waals surface area contributed by atoms with Crippen LogP contribution in [0.15, 0.2) is 0 Å². The maximum atomic E-state index is 12.4. The summed E-state index contributed by atoms with van der Waals surface area (Å²) < 4.78 is 15.3. The number of esters is 1. The molecule has 0 saturated carbocycles. The van der Waals surface area contributed by atoms with Gasteiger partial charge < -0.3 is 24.8 Å². The van der Waals surface area contributed by atoms with Gasteiger partial charge in [0.2, 0.25) is 5.91 Å². The largest absolute Gasteiger partial charge is 0.466 e. The van der Waals surface area contributed by atoms with Gasteiger partial charge in [-0.3, -0.25) is 14.5 Å². The Morgan fingerprint density at radius 2 is 1.47 bits per heavy atom. The van der Waals surface area contributed by atoms with Crippen molar-refractivity contribution < 1.29 is 33.4 Å². The fourth-order valence-electron chi connectivity index (χ4n) is 2.09. The molecule has 0 aromatic carbocycles. The van der Waals surface area contributed by atoms with Gasteiger partial charge in [0, 0.05) is 26.1 Å². The molecule has 0 unspecified atom stereocenters. The van der Waals surface area contributed by atoms with Crippen molar-refractivity contribution in [3.8, 4) is 0 Å². The Hall–Kier alpha value is -2.52. The van der Waals surface area contributed by atoms with Gasteiger partial charge in [-0.25, -0.2) is 9.59 Å². The van der Waals surface area contributed by atoms with Crippen molar-refractivity contribution >= 4 is 24.1 Å². The highest BCUT2D eigenvalue weighted by atomic mass is 16.6. The van der Waals surface area contributed by atoms with Crippen molar-refractivity contribution in [1.82, 2.24) is 15.5 Å². The van der Waals surface area contributed by atoms with Crippen LogP contribution in [-0.2, 0) is 23.8 Å². The van der Waals surface area contributed by atoms with Gasteiger partial charge in [0.15, 0.2) is 0 Å². The number of hydrogen-bond acceptors (Lipinski definition) is 7. The third kappa shape index (κ3) is 15.4. The molecular formula is C20H37N3O7. The first-order valence-electron chi connectivity index (χ1n) is 10.1. The van der Waals surface area contributed by atoms with Gasteiger partial charge in [-0.05, 0) is 54.9 Å². The molecule has 0 aliphatic carbocycles. The van der Waals surface area contributed by atoms with Crippen molar-refractivity contribution in [1.29, 1.82) is 0 Å². The van der Waals surface area contributed by atoms with Crippen LogP contribution in [0.3, 0.4) is 0 Å². The first-order valence-corrected chi connectivity index (χ1v) is 10.1. The van der Waals surface area contributed by atoms with Crippen LogP contribution in [0.4, 0.5) is 9.59 Å². The van der Waals surface area contributed by atoms with Gasteiger partial charge in [-0.1, -0.05) is 0 Å². The molecule has 0 aromatic rings. The Kier molecular flexibility index (Phi) is 11.8. The maximum Gasteiger partial charge on any atom is 0.410 e. The smallest absolute Gasteiger partial charge is 0.410 e. The first kappa shape index (κ1) is 27.5. The normalized spacial score (nSPS) is 11.3. The van der Waals surface area contributed by atoms with E-state index in [0.717, 1.165) is 0 Å². The lowest BCUT2D eigenvalue weighted by molar-refractivity contribution is -0.143. The molecular weight excluding hydrogens is 394 g/mol. The number of amides is 3. The Morgan fingerprint density at radius 1 is 0.867 bits per heavy atom. The standard InChI is InChI=1S/C20H37N3O7/c1-8-28-16(25)10-9-11-21-15(24)14-23(18(27)30-20(5,6)7)13-12-22-17(26)29-19(2,3)4/h8-14H2,1-7H3,(H,21,24)(H,22,26). The molecule has 0 bridgehead atoms. The summed E-state index contributed by atoms with van der Waals surface area (Å²) in [6.07, 6.45) is -0.661. The highest BCUT2D eigenvalue weighted by molar-refractivity contribution is 5.82. The van der Waals surface area contributed by atoms with Crippen LogP contribution in [0.25, 0.3) is 0 Å². The summed E-state index contributed by atoms with van der Waals surface area (Å²) in [7, 11) is 0. The van der Waals surface area contributed by atoms with E-state index in [1.54, 1.807) is 48.5 Å². The SMILES string of the molecule is CCOC(=O)CCCNC(=O)CN(CCNC(=O)OC(C)(C)C)C(=O)OC(C)(C)C. The topological polar surface area (TPSA) is 123 Å². The second kappa shape index (κ2) is 12.9. The van der Waals surface area contributed by atoms with Crippen LogP contribution >= 0.6 is 0 Å². The molecule has 0 aliphatic rings.